The van der Waals surface area contributed by atoms with Crippen LogP contribution in [0.25, 0.3) is 0 Å². The molecule has 0 aromatic heterocycles. The molecule has 0 atom stereocenters. The minimum absolute atomic E-state index is 0.178. The second kappa shape index (κ2) is 5.60. The summed E-state index contributed by atoms with van der Waals surface area (Å²) in [6.45, 7) is 9.30. The van der Waals surface area contributed by atoms with E-state index in [1.807, 2.05) is 0 Å². The number of carbonyl (C=O) groups is 2. The zero-order valence-corrected chi connectivity index (χ0v) is 11.1. The molecule has 5 nitrogen and oxygen atoms in total. The van der Waals surface area contributed by atoms with Gasteiger partial charge in [-0.2, -0.15) is 0 Å². The summed E-state index contributed by atoms with van der Waals surface area (Å²) in [6, 6.07) is 0. The SMILES string of the molecule is CC(C)COCCN1C(=O)CNC(C)(C)C1=O. The van der Waals surface area contributed by atoms with Gasteiger partial charge in [-0.1, -0.05) is 13.8 Å². The highest BCUT2D eigenvalue weighted by atomic mass is 16.5. The molecule has 0 bridgehead atoms. The van der Waals surface area contributed by atoms with E-state index in [4.69, 9.17) is 4.74 Å². The second-order valence-electron chi connectivity index (χ2n) is 5.30. The molecule has 2 amide bonds. The first-order valence-electron chi connectivity index (χ1n) is 6.02. The van der Waals surface area contributed by atoms with Gasteiger partial charge in [0.1, 0.15) is 0 Å². The zero-order chi connectivity index (χ0) is 13.1. The van der Waals surface area contributed by atoms with Crippen molar-refractivity contribution in [1.29, 1.82) is 0 Å². The predicted octanol–water partition coefficient (Wildman–Crippen LogP) is 0.396. The Hall–Kier alpha value is -0.940. The van der Waals surface area contributed by atoms with Gasteiger partial charge in [-0.3, -0.25) is 19.8 Å². The van der Waals surface area contributed by atoms with E-state index in [9.17, 15) is 9.59 Å². The van der Waals surface area contributed by atoms with Crippen LogP contribution in [0.4, 0.5) is 0 Å². The lowest BCUT2D eigenvalue weighted by Crippen LogP contribution is -2.64. The largest absolute Gasteiger partial charge is 0.379 e. The van der Waals surface area contributed by atoms with Gasteiger partial charge in [0.2, 0.25) is 11.8 Å². The third-order valence-corrected chi connectivity index (χ3v) is 2.67. The van der Waals surface area contributed by atoms with Crippen molar-refractivity contribution in [2.75, 3.05) is 26.3 Å². The molecule has 0 aliphatic carbocycles. The predicted molar refractivity (Wildman–Crippen MR) is 64.5 cm³/mol. The van der Waals surface area contributed by atoms with Gasteiger partial charge >= 0.3 is 0 Å². The van der Waals surface area contributed by atoms with E-state index in [1.165, 1.54) is 4.90 Å². The summed E-state index contributed by atoms with van der Waals surface area (Å²) in [5.74, 6) is 0.102. The first-order valence-corrected chi connectivity index (χ1v) is 6.02. The summed E-state index contributed by atoms with van der Waals surface area (Å²) in [6.07, 6.45) is 0. The fourth-order valence-electron chi connectivity index (χ4n) is 1.62. The van der Waals surface area contributed by atoms with Crippen LogP contribution in [0.3, 0.4) is 0 Å². The van der Waals surface area contributed by atoms with Crippen molar-refractivity contribution in [3.8, 4) is 0 Å². The Morgan fingerprint density at radius 2 is 2.06 bits per heavy atom. The van der Waals surface area contributed by atoms with Crippen LogP contribution >= 0.6 is 0 Å². The van der Waals surface area contributed by atoms with Gasteiger partial charge in [0, 0.05) is 6.61 Å². The Morgan fingerprint density at radius 3 is 2.65 bits per heavy atom. The van der Waals surface area contributed by atoms with Crippen LogP contribution in [0.2, 0.25) is 0 Å². The molecule has 0 radical (unpaired) electrons. The number of nitrogens with zero attached hydrogens (tertiary/aromatic N) is 1. The standard InChI is InChI=1S/C12H22N2O3/c1-9(2)8-17-6-5-14-10(15)7-13-12(3,4)11(14)16/h9,13H,5-8H2,1-4H3. The molecule has 5 heteroatoms. The molecular weight excluding hydrogens is 220 g/mol. The lowest BCUT2D eigenvalue weighted by molar-refractivity contribution is -0.153. The summed E-state index contributed by atoms with van der Waals surface area (Å²) < 4.78 is 5.40. The molecule has 0 unspecified atom stereocenters. The maximum Gasteiger partial charge on any atom is 0.249 e. The molecular formula is C12H22N2O3. The molecule has 98 valence electrons. The average Bonchev–Trinajstić information content (AvgIpc) is 2.23. The Morgan fingerprint density at radius 1 is 1.41 bits per heavy atom. The van der Waals surface area contributed by atoms with E-state index in [0.717, 1.165) is 0 Å². The molecule has 1 saturated heterocycles. The van der Waals surface area contributed by atoms with E-state index in [2.05, 4.69) is 19.2 Å². The number of imide groups is 1. The summed E-state index contributed by atoms with van der Waals surface area (Å²) in [4.78, 5) is 24.9. The number of rotatable bonds is 5. The second-order valence-corrected chi connectivity index (χ2v) is 5.30. The molecule has 1 aliphatic heterocycles. The fraction of sp³-hybridized carbons (Fsp3) is 0.833. The summed E-state index contributed by atoms with van der Waals surface area (Å²) in [5.41, 5.74) is -0.661. The molecule has 1 aliphatic rings. The molecule has 0 spiro atoms. The molecule has 1 N–H and O–H groups in total. The third kappa shape index (κ3) is 3.78. The van der Waals surface area contributed by atoms with E-state index >= 15 is 0 Å². The number of nitrogens with one attached hydrogen (secondary N) is 1. The van der Waals surface area contributed by atoms with Gasteiger partial charge in [-0.05, 0) is 19.8 Å². The number of piperazine rings is 1. The molecule has 0 aromatic rings. The quantitative estimate of drug-likeness (QED) is 0.560. The zero-order valence-electron chi connectivity index (χ0n) is 11.1. The normalized spacial score (nSPS) is 20.2. The summed E-state index contributed by atoms with van der Waals surface area (Å²) in [7, 11) is 0. The van der Waals surface area contributed by atoms with E-state index in [-0.39, 0.29) is 18.4 Å². The van der Waals surface area contributed by atoms with Crippen molar-refractivity contribution in [2.45, 2.75) is 33.2 Å². The van der Waals surface area contributed by atoms with Crippen LogP contribution in [0.5, 0.6) is 0 Å². The minimum Gasteiger partial charge on any atom is -0.379 e. The van der Waals surface area contributed by atoms with Crippen molar-refractivity contribution in [2.24, 2.45) is 5.92 Å². The Kier molecular flexibility index (Phi) is 4.65. The molecule has 1 heterocycles. The first kappa shape index (κ1) is 14.1. The molecule has 1 rings (SSSR count). The van der Waals surface area contributed by atoms with Gasteiger partial charge in [0.15, 0.2) is 0 Å². The lowest BCUT2D eigenvalue weighted by atomic mass is 10.0. The maximum absolute atomic E-state index is 12.0. The first-order chi connectivity index (χ1) is 7.84. The fourth-order valence-corrected chi connectivity index (χ4v) is 1.62. The van der Waals surface area contributed by atoms with Gasteiger partial charge in [-0.25, -0.2) is 0 Å². The van der Waals surface area contributed by atoms with Crippen LogP contribution in [-0.4, -0.2) is 48.6 Å². The van der Waals surface area contributed by atoms with E-state index in [0.29, 0.717) is 25.7 Å². The van der Waals surface area contributed by atoms with Crippen molar-refractivity contribution in [3.05, 3.63) is 0 Å². The van der Waals surface area contributed by atoms with Gasteiger partial charge < -0.3 is 4.74 Å². The van der Waals surface area contributed by atoms with Crippen LogP contribution in [-0.2, 0) is 14.3 Å². The van der Waals surface area contributed by atoms with Crippen LogP contribution in [0.15, 0.2) is 0 Å². The van der Waals surface area contributed by atoms with E-state index < -0.39 is 5.54 Å². The number of hydrogen-bond acceptors (Lipinski definition) is 4. The Bertz CT molecular complexity index is 300. The topological polar surface area (TPSA) is 58.6 Å². The third-order valence-electron chi connectivity index (χ3n) is 2.67. The Balaban J connectivity index is 2.45. The molecule has 0 saturated carbocycles. The van der Waals surface area contributed by atoms with Crippen molar-refractivity contribution < 1.29 is 14.3 Å². The van der Waals surface area contributed by atoms with Crippen molar-refractivity contribution >= 4 is 11.8 Å². The summed E-state index contributed by atoms with van der Waals surface area (Å²) in [5, 5.41) is 2.91. The monoisotopic (exact) mass is 242 g/mol. The molecule has 17 heavy (non-hydrogen) atoms. The van der Waals surface area contributed by atoms with Crippen LogP contribution < -0.4 is 5.32 Å². The highest BCUT2D eigenvalue weighted by molar-refractivity contribution is 6.03. The van der Waals surface area contributed by atoms with Gasteiger partial charge in [-0.15, -0.1) is 0 Å². The van der Waals surface area contributed by atoms with Crippen molar-refractivity contribution in [1.82, 2.24) is 10.2 Å². The number of hydrogen-bond donors (Lipinski definition) is 1. The van der Waals surface area contributed by atoms with E-state index in [1.54, 1.807) is 13.8 Å². The highest BCUT2D eigenvalue weighted by Crippen LogP contribution is 2.12. The van der Waals surface area contributed by atoms with Gasteiger partial charge in [0.25, 0.3) is 0 Å². The minimum atomic E-state index is -0.661. The highest BCUT2D eigenvalue weighted by Gasteiger charge is 2.39. The molecule has 1 fully saturated rings. The maximum atomic E-state index is 12.0. The molecule has 0 aromatic carbocycles. The number of amides is 2. The average molecular weight is 242 g/mol. The number of ether oxygens (including phenoxy) is 1. The Labute approximate surface area is 102 Å². The van der Waals surface area contributed by atoms with Crippen LogP contribution in [0, 0.1) is 5.92 Å². The smallest absolute Gasteiger partial charge is 0.249 e. The van der Waals surface area contributed by atoms with Crippen LogP contribution in [0.1, 0.15) is 27.7 Å². The van der Waals surface area contributed by atoms with Gasteiger partial charge in [0.05, 0.1) is 25.2 Å². The summed E-state index contributed by atoms with van der Waals surface area (Å²) >= 11 is 0. The van der Waals surface area contributed by atoms with Crippen molar-refractivity contribution in [3.63, 3.8) is 0 Å². The number of carbonyl (C=O) groups excluding carboxylic acids is 2. The lowest BCUT2D eigenvalue weighted by Gasteiger charge is -2.36.